The predicted molar refractivity (Wildman–Crippen MR) is 118 cm³/mol. The summed E-state index contributed by atoms with van der Waals surface area (Å²) in [6.07, 6.45) is 5.83. The van der Waals surface area contributed by atoms with Crippen LogP contribution in [-0.4, -0.2) is 59.8 Å². The minimum absolute atomic E-state index is 0.0532. The molecule has 1 aromatic carbocycles. The number of piperidine rings is 2. The van der Waals surface area contributed by atoms with Crippen molar-refractivity contribution in [3.8, 4) is 0 Å². The van der Waals surface area contributed by atoms with E-state index in [0.29, 0.717) is 13.1 Å². The fraction of sp³-hybridized carbons (Fsp3) is 0.522. The number of hydrogen-bond donors (Lipinski definition) is 2. The van der Waals surface area contributed by atoms with Crippen molar-refractivity contribution in [2.24, 2.45) is 5.92 Å². The molecule has 2 aliphatic rings. The number of carbonyl (C=O) groups excluding carboxylic acids is 1. The Morgan fingerprint density at radius 3 is 2.63 bits per heavy atom. The first-order chi connectivity index (χ1) is 14.7. The molecule has 7 nitrogen and oxygen atoms in total. The molecule has 30 heavy (non-hydrogen) atoms. The third-order valence-electron chi connectivity index (χ3n) is 6.05. The molecule has 0 radical (unpaired) electrons. The van der Waals surface area contributed by atoms with E-state index in [2.05, 4.69) is 32.2 Å². The van der Waals surface area contributed by atoms with Crippen LogP contribution in [0.15, 0.2) is 42.6 Å². The lowest BCUT2D eigenvalue weighted by Crippen LogP contribution is -2.42. The molecule has 1 amide bonds. The average Bonchev–Trinajstić information content (AvgIpc) is 2.80. The molecule has 2 N–H and O–H groups in total. The molecular formula is C23H31N5O2. The van der Waals surface area contributed by atoms with Gasteiger partial charge in [0, 0.05) is 44.8 Å². The molecule has 0 spiro atoms. The average molecular weight is 410 g/mol. The fourth-order valence-electron chi connectivity index (χ4n) is 4.29. The molecule has 7 heteroatoms. The summed E-state index contributed by atoms with van der Waals surface area (Å²) in [6.45, 7) is 3.78. The topological polar surface area (TPSA) is 81.6 Å². The number of rotatable bonds is 6. The Bertz CT molecular complexity index is 823. The van der Waals surface area contributed by atoms with E-state index in [0.717, 1.165) is 63.5 Å². The van der Waals surface area contributed by atoms with E-state index in [1.807, 2.05) is 24.3 Å². The normalized spacial score (nSPS) is 20.2. The zero-order valence-electron chi connectivity index (χ0n) is 17.4. The molecule has 0 saturated carbocycles. The van der Waals surface area contributed by atoms with Gasteiger partial charge in [-0.25, -0.2) is 4.98 Å². The number of benzene rings is 1. The highest BCUT2D eigenvalue weighted by Gasteiger charge is 2.26. The summed E-state index contributed by atoms with van der Waals surface area (Å²) in [4.78, 5) is 26.0. The van der Waals surface area contributed by atoms with E-state index in [1.54, 1.807) is 6.20 Å². The largest absolute Gasteiger partial charge is 0.391 e. The third-order valence-corrected chi connectivity index (χ3v) is 6.05. The van der Waals surface area contributed by atoms with Gasteiger partial charge in [0.1, 0.15) is 5.82 Å². The molecular weight excluding hydrogens is 378 g/mol. The van der Waals surface area contributed by atoms with Crippen LogP contribution in [-0.2, 0) is 11.2 Å². The molecule has 2 aromatic rings. The summed E-state index contributed by atoms with van der Waals surface area (Å²) in [6, 6.07) is 12.1. The molecule has 3 heterocycles. The highest BCUT2D eigenvalue weighted by Crippen LogP contribution is 2.24. The van der Waals surface area contributed by atoms with E-state index in [1.165, 1.54) is 5.56 Å². The molecule has 1 aromatic heterocycles. The molecule has 2 fully saturated rings. The Labute approximate surface area is 178 Å². The van der Waals surface area contributed by atoms with Crippen molar-refractivity contribution < 1.29 is 9.90 Å². The number of anilines is 2. The maximum atomic E-state index is 12.5. The van der Waals surface area contributed by atoms with Gasteiger partial charge in [-0.15, -0.1) is 0 Å². The van der Waals surface area contributed by atoms with Crippen molar-refractivity contribution in [1.29, 1.82) is 0 Å². The monoisotopic (exact) mass is 409 g/mol. The second-order valence-corrected chi connectivity index (χ2v) is 8.24. The number of nitrogens with one attached hydrogen (secondary N) is 1. The van der Waals surface area contributed by atoms with Gasteiger partial charge in [0.25, 0.3) is 0 Å². The molecule has 4 rings (SSSR count). The summed E-state index contributed by atoms with van der Waals surface area (Å²) < 4.78 is 0. The van der Waals surface area contributed by atoms with Crippen LogP contribution in [0.25, 0.3) is 0 Å². The van der Waals surface area contributed by atoms with Crippen LogP contribution in [0.1, 0.15) is 31.2 Å². The third kappa shape index (κ3) is 5.27. The summed E-state index contributed by atoms with van der Waals surface area (Å²) in [5.74, 6) is 1.80. The SMILES string of the molecule is O=C(NCCc1ccccc1)C1CCN(c2nccc(N3CCCC(O)C3)n2)CC1. The van der Waals surface area contributed by atoms with Gasteiger partial charge in [-0.3, -0.25) is 4.79 Å². The fourth-order valence-corrected chi connectivity index (χ4v) is 4.29. The summed E-state index contributed by atoms with van der Waals surface area (Å²) >= 11 is 0. The van der Waals surface area contributed by atoms with Gasteiger partial charge in [-0.2, -0.15) is 4.98 Å². The van der Waals surface area contributed by atoms with E-state index >= 15 is 0 Å². The van der Waals surface area contributed by atoms with Crippen molar-refractivity contribution in [2.75, 3.05) is 42.5 Å². The predicted octanol–water partition coefficient (Wildman–Crippen LogP) is 2.01. The van der Waals surface area contributed by atoms with Crippen LogP contribution in [0.2, 0.25) is 0 Å². The summed E-state index contributed by atoms with van der Waals surface area (Å²) in [7, 11) is 0. The van der Waals surface area contributed by atoms with Crippen LogP contribution in [0, 0.1) is 5.92 Å². The molecule has 1 unspecified atom stereocenters. The van der Waals surface area contributed by atoms with E-state index in [9.17, 15) is 9.90 Å². The lowest BCUT2D eigenvalue weighted by molar-refractivity contribution is -0.125. The molecule has 1 atom stereocenters. The van der Waals surface area contributed by atoms with Gasteiger partial charge in [0.15, 0.2) is 0 Å². The molecule has 0 bridgehead atoms. The van der Waals surface area contributed by atoms with Gasteiger partial charge >= 0.3 is 0 Å². The minimum atomic E-state index is -0.284. The Hall–Kier alpha value is -2.67. The Balaban J connectivity index is 1.26. The Morgan fingerprint density at radius 2 is 1.87 bits per heavy atom. The highest BCUT2D eigenvalue weighted by atomic mass is 16.3. The maximum Gasteiger partial charge on any atom is 0.227 e. The highest BCUT2D eigenvalue weighted by molar-refractivity contribution is 5.78. The smallest absolute Gasteiger partial charge is 0.227 e. The number of carbonyl (C=O) groups is 1. The first-order valence-electron chi connectivity index (χ1n) is 11.0. The summed E-state index contributed by atoms with van der Waals surface area (Å²) in [5.41, 5.74) is 1.24. The standard InChI is InChI=1S/C23H31N5O2/c29-20-7-4-14-28(17-20)21-9-13-25-23(26-21)27-15-10-19(11-16-27)22(30)24-12-8-18-5-2-1-3-6-18/h1-3,5-6,9,13,19-20,29H,4,7-8,10-12,14-17H2,(H,24,30). The van der Waals surface area contributed by atoms with Crippen molar-refractivity contribution in [1.82, 2.24) is 15.3 Å². The Kier molecular flexibility index (Phi) is 6.79. The number of aliphatic hydroxyl groups excluding tert-OH is 1. The minimum Gasteiger partial charge on any atom is -0.391 e. The van der Waals surface area contributed by atoms with Crippen molar-refractivity contribution in [2.45, 2.75) is 38.2 Å². The maximum absolute atomic E-state index is 12.5. The lowest BCUT2D eigenvalue weighted by Gasteiger charge is -2.33. The number of amides is 1. The summed E-state index contributed by atoms with van der Waals surface area (Å²) in [5, 5.41) is 13.0. The van der Waals surface area contributed by atoms with Gasteiger partial charge in [0.05, 0.1) is 6.10 Å². The lowest BCUT2D eigenvalue weighted by atomic mass is 9.96. The molecule has 0 aliphatic carbocycles. The first kappa shape index (κ1) is 20.6. The number of hydrogen-bond acceptors (Lipinski definition) is 6. The quantitative estimate of drug-likeness (QED) is 0.760. The zero-order chi connectivity index (χ0) is 20.8. The molecule has 160 valence electrons. The van der Waals surface area contributed by atoms with Crippen molar-refractivity contribution in [3.05, 3.63) is 48.2 Å². The molecule has 2 aliphatic heterocycles. The second-order valence-electron chi connectivity index (χ2n) is 8.24. The van der Waals surface area contributed by atoms with Crippen LogP contribution in [0.4, 0.5) is 11.8 Å². The first-order valence-corrected chi connectivity index (χ1v) is 11.0. The van der Waals surface area contributed by atoms with Gasteiger partial charge < -0.3 is 20.2 Å². The molecule has 2 saturated heterocycles. The van der Waals surface area contributed by atoms with Gasteiger partial charge in [-0.1, -0.05) is 30.3 Å². The Morgan fingerprint density at radius 1 is 1.07 bits per heavy atom. The van der Waals surface area contributed by atoms with Crippen LogP contribution < -0.4 is 15.1 Å². The van der Waals surface area contributed by atoms with E-state index in [4.69, 9.17) is 4.98 Å². The van der Waals surface area contributed by atoms with E-state index < -0.39 is 0 Å². The number of nitrogens with zero attached hydrogens (tertiary/aromatic N) is 4. The van der Waals surface area contributed by atoms with Crippen LogP contribution >= 0.6 is 0 Å². The zero-order valence-corrected chi connectivity index (χ0v) is 17.4. The number of aliphatic hydroxyl groups is 1. The van der Waals surface area contributed by atoms with E-state index in [-0.39, 0.29) is 17.9 Å². The van der Waals surface area contributed by atoms with Crippen molar-refractivity contribution >= 4 is 17.7 Å². The number of aromatic nitrogens is 2. The second kappa shape index (κ2) is 9.89. The van der Waals surface area contributed by atoms with Gasteiger partial charge in [0.2, 0.25) is 11.9 Å². The van der Waals surface area contributed by atoms with Crippen molar-refractivity contribution in [3.63, 3.8) is 0 Å². The van der Waals surface area contributed by atoms with Crippen LogP contribution in [0.3, 0.4) is 0 Å². The van der Waals surface area contributed by atoms with Crippen LogP contribution in [0.5, 0.6) is 0 Å². The van der Waals surface area contributed by atoms with Gasteiger partial charge in [-0.05, 0) is 43.7 Å². The number of β-amino-alcohol motifs (C(OH)–C–C–N with tert-alkyl or cyclic N) is 1.